The molecule has 0 saturated carbocycles. The first-order chi connectivity index (χ1) is 10.1. The van der Waals surface area contributed by atoms with Crippen molar-refractivity contribution in [2.24, 2.45) is 5.92 Å². The fourth-order valence-corrected chi connectivity index (χ4v) is 1.62. The van der Waals surface area contributed by atoms with Crippen LogP contribution in [0.15, 0.2) is 12.1 Å². The van der Waals surface area contributed by atoms with Crippen LogP contribution in [0.4, 0.5) is 13.2 Å². The lowest BCUT2D eigenvalue weighted by Gasteiger charge is -2.11. The zero-order valence-electron chi connectivity index (χ0n) is 12.5. The number of hydrogen-bond acceptors (Lipinski definition) is 3. The highest BCUT2D eigenvalue weighted by molar-refractivity contribution is 5.95. The number of halogens is 3. The predicted molar refractivity (Wildman–Crippen MR) is 74.2 cm³/mol. The first-order valence-electron chi connectivity index (χ1n) is 6.73. The summed E-state index contributed by atoms with van der Waals surface area (Å²) < 4.78 is 37.5. The summed E-state index contributed by atoms with van der Waals surface area (Å²) in [6.45, 7) is 5.24. The van der Waals surface area contributed by atoms with Gasteiger partial charge >= 0.3 is 6.18 Å². The molecule has 0 bridgehead atoms. The summed E-state index contributed by atoms with van der Waals surface area (Å²) in [5.41, 5.74) is -0.965. The topological polar surface area (TPSA) is 71.1 Å². The minimum absolute atomic E-state index is 0.00135. The number of nitrogens with zero attached hydrogens (tertiary/aromatic N) is 1. The predicted octanol–water partition coefficient (Wildman–Crippen LogP) is 1.91. The van der Waals surface area contributed by atoms with Crippen molar-refractivity contribution in [1.82, 2.24) is 15.6 Å². The van der Waals surface area contributed by atoms with Crippen molar-refractivity contribution in [3.05, 3.63) is 29.1 Å². The maximum absolute atomic E-state index is 12.5. The Balaban J connectivity index is 2.58. The second kappa shape index (κ2) is 7.24. The van der Waals surface area contributed by atoms with Crippen molar-refractivity contribution >= 4 is 11.8 Å². The number of carbonyl (C=O) groups is 2. The van der Waals surface area contributed by atoms with Crippen LogP contribution < -0.4 is 10.6 Å². The van der Waals surface area contributed by atoms with E-state index in [0.717, 1.165) is 12.1 Å². The monoisotopic (exact) mass is 317 g/mol. The Morgan fingerprint density at radius 3 is 2.27 bits per heavy atom. The highest BCUT2D eigenvalue weighted by atomic mass is 19.4. The van der Waals surface area contributed by atoms with Crippen LogP contribution in [0.1, 0.15) is 35.6 Å². The Labute approximate surface area is 126 Å². The summed E-state index contributed by atoms with van der Waals surface area (Å²) in [5, 5.41) is 5.13. The Bertz CT molecular complexity index is 557. The fourth-order valence-electron chi connectivity index (χ4n) is 1.62. The molecular formula is C14H18F3N3O2. The molecule has 0 aromatic carbocycles. The second-order valence-electron chi connectivity index (χ2n) is 5.03. The largest absolute Gasteiger partial charge is 0.433 e. The normalized spacial score (nSPS) is 11.4. The average molecular weight is 317 g/mol. The van der Waals surface area contributed by atoms with Gasteiger partial charge in [0.15, 0.2) is 0 Å². The standard InChI is InChI=1S/C14H18F3N3O2/c1-8(2)12(21)18-6-7-19-13(22)10-4-5-11(14(15,16)17)20-9(10)3/h4-5,8H,6-7H2,1-3H3,(H,18,21)(H,19,22). The van der Waals surface area contributed by atoms with Gasteiger partial charge in [0.2, 0.25) is 5.91 Å². The van der Waals surface area contributed by atoms with Gasteiger partial charge in [0.1, 0.15) is 5.69 Å². The van der Waals surface area contributed by atoms with Gasteiger partial charge in [-0.15, -0.1) is 0 Å². The molecule has 1 rings (SSSR count). The maximum Gasteiger partial charge on any atom is 0.433 e. The van der Waals surface area contributed by atoms with Crippen molar-refractivity contribution in [1.29, 1.82) is 0 Å². The Morgan fingerprint density at radius 2 is 1.77 bits per heavy atom. The SMILES string of the molecule is Cc1nc(C(F)(F)F)ccc1C(=O)NCCNC(=O)C(C)C. The maximum atomic E-state index is 12.5. The Kier molecular flexibility index (Phi) is 5.90. The van der Waals surface area contributed by atoms with E-state index in [9.17, 15) is 22.8 Å². The van der Waals surface area contributed by atoms with Crippen LogP contribution in [0.5, 0.6) is 0 Å². The van der Waals surface area contributed by atoms with Crippen LogP contribution in [0.3, 0.4) is 0 Å². The average Bonchev–Trinajstić information content (AvgIpc) is 2.41. The molecule has 2 N–H and O–H groups in total. The molecule has 1 aromatic heterocycles. The zero-order valence-corrected chi connectivity index (χ0v) is 12.5. The van der Waals surface area contributed by atoms with Gasteiger partial charge in [0.05, 0.1) is 11.3 Å². The van der Waals surface area contributed by atoms with Crippen LogP contribution in [0, 0.1) is 12.8 Å². The van der Waals surface area contributed by atoms with Crippen molar-refractivity contribution in [3.63, 3.8) is 0 Å². The van der Waals surface area contributed by atoms with Gasteiger partial charge in [-0.2, -0.15) is 13.2 Å². The number of pyridine rings is 1. The summed E-state index contributed by atoms with van der Waals surface area (Å²) >= 11 is 0. The number of aromatic nitrogens is 1. The van der Waals surface area contributed by atoms with E-state index in [0.29, 0.717) is 0 Å². The van der Waals surface area contributed by atoms with E-state index in [1.165, 1.54) is 6.92 Å². The lowest BCUT2D eigenvalue weighted by molar-refractivity contribution is -0.141. The lowest BCUT2D eigenvalue weighted by Crippen LogP contribution is -2.36. The molecule has 0 fully saturated rings. The van der Waals surface area contributed by atoms with E-state index in [-0.39, 0.29) is 36.2 Å². The smallest absolute Gasteiger partial charge is 0.354 e. The van der Waals surface area contributed by atoms with Gasteiger partial charge < -0.3 is 10.6 Å². The second-order valence-corrected chi connectivity index (χ2v) is 5.03. The number of rotatable bonds is 5. The molecule has 0 aliphatic carbocycles. The van der Waals surface area contributed by atoms with Gasteiger partial charge in [0.25, 0.3) is 5.91 Å². The molecule has 5 nitrogen and oxygen atoms in total. The van der Waals surface area contributed by atoms with E-state index in [1.54, 1.807) is 13.8 Å². The van der Waals surface area contributed by atoms with E-state index in [1.807, 2.05) is 0 Å². The van der Waals surface area contributed by atoms with Gasteiger partial charge in [-0.1, -0.05) is 13.8 Å². The first kappa shape index (κ1) is 17.9. The lowest BCUT2D eigenvalue weighted by atomic mass is 10.1. The fraction of sp³-hybridized carbons (Fsp3) is 0.500. The molecular weight excluding hydrogens is 299 g/mol. The van der Waals surface area contributed by atoms with E-state index in [4.69, 9.17) is 0 Å². The molecule has 0 aliphatic heterocycles. The number of alkyl halides is 3. The third-order valence-corrected chi connectivity index (χ3v) is 2.86. The number of aryl methyl sites for hydroxylation is 1. The van der Waals surface area contributed by atoms with Gasteiger partial charge in [-0.25, -0.2) is 4.98 Å². The summed E-state index contributed by atoms with van der Waals surface area (Å²) in [5.74, 6) is -0.823. The summed E-state index contributed by atoms with van der Waals surface area (Å²) in [4.78, 5) is 26.6. The Hall–Kier alpha value is -2.12. The molecule has 1 aromatic rings. The number of carbonyl (C=O) groups excluding carboxylic acids is 2. The van der Waals surface area contributed by atoms with E-state index in [2.05, 4.69) is 15.6 Å². The zero-order chi connectivity index (χ0) is 16.9. The van der Waals surface area contributed by atoms with Crippen LogP contribution in [0.25, 0.3) is 0 Å². The molecule has 122 valence electrons. The molecule has 22 heavy (non-hydrogen) atoms. The van der Waals surface area contributed by atoms with Crippen molar-refractivity contribution in [2.75, 3.05) is 13.1 Å². The van der Waals surface area contributed by atoms with Gasteiger partial charge in [-0.05, 0) is 19.1 Å². The minimum atomic E-state index is -4.54. The molecule has 0 spiro atoms. The van der Waals surface area contributed by atoms with Crippen LogP contribution in [-0.2, 0) is 11.0 Å². The third kappa shape index (κ3) is 5.01. The molecule has 0 aliphatic rings. The Morgan fingerprint density at radius 1 is 1.18 bits per heavy atom. The van der Waals surface area contributed by atoms with Crippen LogP contribution in [0.2, 0.25) is 0 Å². The molecule has 0 atom stereocenters. The first-order valence-corrected chi connectivity index (χ1v) is 6.73. The van der Waals surface area contributed by atoms with Crippen LogP contribution >= 0.6 is 0 Å². The molecule has 0 saturated heterocycles. The van der Waals surface area contributed by atoms with E-state index < -0.39 is 17.8 Å². The highest BCUT2D eigenvalue weighted by Crippen LogP contribution is 2.28. The van der Waals surface area contributed by atoms with Crippen molar-refractivity contribution < 1.29 is 22.8 Å². The molecule has 0 radical (unpaired) electrons. The van der Waals surface area contributed by atoms with Gasteiger partial charge in [0, 0.05) is 19.0 Å². The van der Waals surface area contributed by atoms with Crippen molar-refractivity contribution in [3.8, 4) is 0 Å². The van der Waals surface area contributed by atoms with Gasteiger partial charge in [-0.3, -0.25) is 9.59 Å². The molecule has 8 heteroatoms. The number of hydrogen-bond donors (Lipinski definition) is 2. The van der Waals surface area contributed by atoms with Crippen LogP contribution in [-0.4, -0.2) is 29.9 Å². The summed E-state index contributed by atoms with van der Waals surface area (Å²) in [6.07, 6.45) is -4.54. The quantitative estimate of drug-likeness (QED) is 0.815. The molecule has 0 unspecified atom stereocenters. The summed E-state index contributed by atoms with van der Waals surface area (Å²) in [6, 6.07) is 1.86. The minimum Gasteiger partial charge on any atom is -0.354 e. The third-order valence-electron chi connectivity index (χ3n) is 2.86. The summed E-state index contributed by atoms with van der Waals surface area (Å²) in [7, 11) is 0. The molecule has 1 heterocycles. The van der Waals surface area contributed by atoms with E-state index >= 15 is 0 Å². The number of amides is 2. The molecule has 2 amide bonds. The number of nitrogens with one attached hydrogen (secondary N) is 2. The highest BCUT2D eigenvalue weighted by Gasteiger charge is 2.33. The van der Waals surface area contributed by atoms with Crippen molar-refractivity contribution in [2.45, 2.75) is 26.9 Å².